The summed E-state index contributed by atoms with van der Waals surface area (Å²) in [7, 11) is 7.41. The average molecular weight is 335 g/mol. The Morgan fingerprint density at radius 1 is 1.28 bits per heavy atom. The summed E-state index contributed by atoms with van der Waals surface area (Å²) in [5.41, 5.74) is 2.30. The lowest BCUT2D eigenvalue weighted by Gasteiger charge is -2.09. The Morgan fingerprint density at radius 3 is 2.88 bits per heavy atom. The van der Waals surface area contributed by atoms with Gasteiger partial charge in [0.1, 0.15) is 31.3 Å². The van der Waals surface area contributed by atoms with Crippen molar-refractivity contribution in [3.63, 3.8) is 0 Å². The summed E-state index contributed by atoms with van der Waals surface area (Å²) in [6, 6.07) is 12.2. The highest BCUT2D eigenvalue weighted by molar-refractivity contribution is 6.32. The lowest BCUT2D eigenvalue weighted by atomic mass is 9.93. The van der Waals surface area contributed by atoms with Crippen molar-refractivity contribution in [3.8, 4) is 34.2 Å². The lowest BCUT2D eigenvalue weighted by molar-refractivity contribution is -0.139. The van der Waals surface area contributed by atoms with Crippen LogP contribution in [0.5, 0.6) is 11.5 Å². The van der Waals surface area contributed by atoms with Gasteiger partial charge >= 0.3 is 5.97 Å². The molecule has 0 spiro atoms. The highest BCUT2D eigenvalue weighted by Crippen LogP contribution is 2.31. The van der Waals surface area contributed by atoms with Crippen LogP contribution in [0.15, 0.2) is 53.1 Å². The van der Waals surface area contributed by atoms with Gasteiger partial charge in [0.2, 0.25) is 5.89 Å². The van der Waals surface area contributed by atoms with E-state index < -0.39 is 12.6 Å². The SMILES string of the molecule is [B]c1ccc(OCC(=O)O)c(-c2coc(-c3cccc(OC)c3)n2)c1. The number of carboxylic acids is 1. The molecule has 2 radical (unpaired) electrons. The van der Waals surface area contributed by atoms with E-state index in [9.17, 15) is 4.79 Å². The van der Waals surface area contributed by atoms with Gasteiger partial charge in [0.05, 0.1) is 7.11 Å². The summed E-state index contributed by atoms with van der Waals surface area (Å²) in [5, 5.41) is 8.80. The van der Waals surface area contributed by atoms with Gasteiger partial charge < -0.3 is 19.0 Å². The minimum Gasteiger partial charge on any atom is -0.497 e. The van der Waals surface area contributed by atoms with E-state index in [0.717, 1.165) is 5.56 Å². The second kappa shape index (κ2) is 7.13. The van der Waals surface area contributed by atoms with Crippen LogP contribution in [-0.4, -0.2) is 37.6 Å². The summed E-state index contributed by atoms with van der Waals surface area (Å²) in [6.07, 6.45) is 1.47. The van der Waals surface area contributed by atoms with Crippen molar-refractivity contribution in [2.45, 2.75) is 0 Å². The number of aliphatic carboxylic acids is 1. The maximum Gasteiger partial charge on any atom is 0.341 e. The van der Waals surface area contributed by atoms with Crippen LogP contribution >= 0.6 is 0 Å². The van der Waals surface area contributed by atoms with Crippen LogP contribution in [0.1, 0.15) is 0 Å². The quantitative estimate of drug-likeness (QED) is 0.696. The fraction of sp³-hybridized carbons (Fsp3) is 0.111. The minimum atomic E-state index is -1.07. The smallest absolute Gasteiger partial charge is 0.341 e. The van der Waals surface area contributed by atoms with Gasteiger partial charge in [-0.15, -0.1) is 0 Å². The van der Waals surface area contributed by atoms with Gasteiger partial charge in [-0.25, -0.2) is 9.78 Å². The third-order valence-electron chi connectivity index (χ3n) is 3.45. The molecule has 0 amide bonds. The molecule has 0 aliphatic rings. The van der Waals surface area contributed by atoms with E-state index in [2.05, 4.69) is 4.98 Å². The minimum absolute atomic E-state index is 0.363. The van der Waals surface area contributed by atoms with Gasteiger partial charge in [0, 0.05) is 11.1 Å². The molecule has 2 aromatic carbocycles. The van der Waals surface area contributed by atoms with Crippen LogP contribution in [0.4, 0.5) is 0 Å². The fourth-order valence-electron chi connectivity index (χ4n) is 2.30. The third-order valence-corrected chi connectivity index (χ3v) is 3.45. The Balaban J connectivity index is 1.96. The lowest BCUT2D eigenvalue weighted by Crippen LogP contribution is -2.11. The van der Waals surface area contributed by atoms with Crippen LogP contribution in [0.2, 0.25) is 0 Å². The van der Waals surface area contributed by atoms with E-state index in [1.807, 2.05) is 18.2 Å². The molecular formula is C18H14BNO5. The Bertz CT molecular complexity index is 906. The van der Waals surface area contributed by atoms with E-state index in [1.165, 1.54) is 6.26 Å². The van der Waals surface area contributed by atoms with Crippen molar-refractivity contribution < 1.29 is 23.8 Å². The van der Waals surface area contributed by atoms with Crippen molar-refractivity contribution in [1.82, 2.24) is 4.98 Å². The molecule has 6 nitrogen and oxygen atoms in total. The molecule has 0 saturated carbocycles. The zero-order valence-electron chi connectivity index (χ0n) is 13.4. The fourth-order valence-corrected chi connectivity index (χ4v) is 2.30. The molecule has 1 heterocycles. The molecule has 7 heteroatoms. The molecule has 0 aliphatic carbocycles. The number of nitrogens with zero attached hydrogens (tertiary/aromatic N) is 1. The summed E-state index contributed by atoms with van der Waals surface area (Å²) in [4.78, 5) is 15.2. The van der Waals surface area contributed by atoms with E-state index in [0.29, 0.717) is 34.1 Å². The molecule has 1 aromatic heterocycles. The molecule has 0 aliphatic heterocycles. The van der Waals surface area contributed by atoms with E-state index in [1.54, 1.807) is 31.4 Å². The molecule has 0 unspecified atom stereocenters. The number of hydrogen-bond donors (Lipinski definition) is 1. The standard InChI is InChI=1S/C18H14BNO5/c1-23-13-4-2-3-11(7-13)18-20-15(9-25-18)14-8-12(19)5-6-16(14)24-10-17(21)22/h2-9H,10H2,1H3,(H,21,22). The Labute approximate surface area is 145 Å². The van der Waals surface area contributed by atoms with Crippen LogP contribution in [-0.2, 0) is 4.79 Å². The number of carbonyl (C=O) groups is 1. The number of oxazole rings is 1. The molecule has 0 saturated heterocycles. The Hall–Kier alpha value is -3.22. The maximum absolute atomic E-state index is 10.7. The van der Waals surface area contributed by atoms with Crippen molar-refractivity contribution >= 4 is 19.3 Å². The highest BCUT2D eigenvalue weighted by atomic mass is 16.5. The average Bonchev–Trinajstić information content (AvgIpc) is 3.10. The van der Waals surface area contributed by atoms with Gasteiger partial charge in [-0.3, -0.25) is 0 Å². The predicted molar refractivity (Wildman–Crippen MR) is 92.4 cm³/mol. The molecule has 124 valence electrons. The van der Waals surface area contributed by atoms with Crippen LogP contribution < -0.4 is 14.9 Å². The van der Waals surface area contributed by atoms with Crippen LogP contribution in [0.25, 0.3) is 22.7 Å². The van der Waals surface area contributed by atoms with E-state index >= 15 is 0 Å². The highest BCUT2D eigenvalue weighted by Gasteiger charge is 2.14. The van der Waals surface area contributed by atoms with E-state index in [4.69, 9.17) is 26.8 Å². The molecule has 25 heavy (non-hydrogen) atoms. The van der Waals surface area contributed by atoms with Crippen LogP contribution in [0.3, 0.4) is 0 Å². The molecule has 0 bridgehead atoms. The van der Waals surface area contributed by atoms with Crippen molar-refractivity contribution in [2.75, 3.05) is 13.7 Å². The van der Waals surface area contributed by atoms with Gasteiger partial charge in [-0.1, -0.05) is 23.7 Å². The number of methoxy groups -OCH3 is 1. The number of hydrogen-bond acceptors (Lipinski definition) is 5. The molecule has 3 aromatic rings. The first kappa shape index (κ1) is 16.6. The topological polar surface area (TPSA) is 81.8 Å². The first-order valence-electron chi connectivity index (χ1n) is 7.41. The normalized spacial score (nSPS) is 10.4. The van der Waals surface area contributed by atoms with Crippen molar-refractivity contribution in [2.24, 2.45) is 0 Å². The predicted octanol–water partition coefficient (Wildman–Crippen LogP) is 2.27. The monoisotopic (exact) mass is 335 g/mol. The Morgan fingerprint density at radius 2 is 2.12 bits per heavy atom. The third kappa shape index (κ3) is 3.83. The van der Waals surface area contributed by atoms with Gasteiger partial charge in [-0.2, -0.15) is 0 Å². The second-order valence-electron chi connectivity index (χ2n) is 5.21. The molecular weight excluding hydrogens is 321 g/mol. The largest absolute Gasteiger partial charge is 0.497 e. The van der Waals surface area contributed by atoms with Crippen molar-refractivity contribution in [3.05, 3.63) is 48.7 Å². The van der Waals surface area contributed by atoms with Gasteiger partial charge in [0.15, 0.2) is 6.61 Å². The number of carboxylic acid groups (broad SMARTS) is 1. The second-order valence-corrected chi connectivity index (χ2v) is 5.21. The first-order valence-corrected chi connectivity index (χ1v) is 7.41. The van der Waals surface area contributed by atoms with Crippen molar-refractivity contribution in [1.29, 1.82) is 0 Å². The number of benzene rings is 2. The molecule has 3 rings (SSSR count). The maximum atomic E-state index is 10.7. The Kier molecular flexibility index (Phi) is 4.74. The molecule has 1 N–H and O–H groups in total. The summed E-state index contributed by atoms with van der Waals surface area (Å²) in [5.74, 6) is 0.384. The summed E-state index contributed by atoms with van der Waals surface area (Å²) < 4.78 is 16.0. The van der Waals surface area contributed by atoms with E-state index in [-0.39, 0.29) is 0 Å². The van der Waals surface area contributed by atoms with Gasteiger partial charge in [0.25, 0.3) is 0 Å². The zero-order chi connectivity index (χ0) is 17.8. The zero-order valence-corrected chi connectivity index (χ0v) is 13.4. The molecule has 0 fully saturated rings. The number of rotatable bonds is 6. The van der Waals surface area contributed by atoms with Gasteiger partial charge in [-0.05, 0) is 24.3 Å². The number of aromatic nitrogens is 1. The first-order chi connectivity index (χ1) is 12.1. The summed E-state index contributed by atoms with van der Waals surface area (Å²) in [6.45, 7) is -0.461. The summed E-state index contributed by atoms with van der Waals surface area (Å²) >= 11 is 0. The van der Waals surface area contributed by atoms with Crippen LogP contribution in [0, 0.1) is 0 Å². The number of ether oxygens (including phenoxy) is 2. The molecule has 0 atom stereocenters.